The van der Waals surface area contributed by atoms with E-state index in [0.717, 1.165) is 16.4 Å². The molecular weight excluding hydrogens is 567 g/mol. The van der Waals surface area contributed by atoms with Crippen LogP contribution >= 0.6 is 23.2 Å². The Bertz CT molecular complexity index is 1530. The van der Waals surface area contributed by atoms with Crippen LogP contribution in [0.3, 0.4) is 0 Å². The van der Waals surface area contributed by atoms with Crippen LogP contribution in [-0.2, 0) is 9.59 Å². The number of imide groups is 1. The number of hydrogen-bond acceptors (Lipinski definition) is 6. The quantitative estimate of drug-likeness (QED) is 0.147. The zero-order valence-electron chi connectivity index (χ0n) is 22.1. The predicted octanol–water partition coefficient (Wildman–Crippen LogP) is 5.87. The number of rotatable bonds is 7. The first-order chi connectivity index (χ1) is 19.6. The number of ether oxygens (including phenoxy) is 1. The van der Waals surface area contributed by atoms with Crippen molar-refractivity contribution in [1.82, 2.24) is 10.0 Å². The lowest BCUT2D eigenvalue weighted by atomic mass is 9.76. The van der Waals surface area contributed by atoms with E-state index < -0.39 is 47.9 Å². The topological polar surface area (TPSA) is 101 Å². The summed E-state index contributed by atoms with van der Waals surface area (Å²) < 4.78 is 5.37. The van der Waals surface area contributed by atoms with Gasteiger partial charge in [0.15, 0.2) is 5.78 Å². The first-order valence-corrected chi connectivity index (χ1v) is 13.9. The van der Waals surface area contributed by atoms with E-state index in [4.69, 9.17) is 27.9 Å². The molecule has 2 aliphatic rings. The Kier molecular flexibility index (Phi) is 8.24. The van der Waals surface area contributed by atoms with Gasteiger partial charge >= 0.3 is 5.97 Å². The van der Waals surface area contributed by atoms with Crippen LogP contribution in [-0.4, -0.2) is 46.0 Å². The van der Waals surface area contributed by atoms with Gasteiger partial charge in [-0.15, -0.1) is 0 Å². The number of halogens is 2. The molecule has 0 N–H and O–H groups in total. The molecule has 3 atom stereocenters. The van der Waals surface area contributed by atoms with E-state index in [9.17, 15) is 24.0 Å². The average Bonchev–Trinajstić information content (AvgIpc) is 3.20. The molecule has 2 fully saturated rings. The summed E-state index contributed by atoms with van der Waals surface area (Å²) in [6.45, 7) is 1.44. The van der Waals surface area contributed by atoms with Gasteiger partial charge in [-0.25, -0.2) is 9.80 Å². The largest absolute Gasteiger partial charge is 0.423 e. The van der Waals surface area contributed by atoms with Crippen molar-refractivity contribution in [2.45, 2.75) is 26.2 Å². The fourth-order valence-electron chi connectivity index (χ4n) is 5.32. The van der Waals surface area contributed by atoms with Crippen LogP contribution in [0.1, 0.15) is 57.3 Å². The maximum atomic E-state index is 13.7. The normalized spacial score (nSPS) is 20.0. The Hall–Kier alpha value is -4.01. The van der Waals surface area contributed by atoms with Gasteiger partial charge in [-0.1, -0.05) is 48.3 Å². The van der Waals surface area contributed by atoms with E-state index in [0.29, 0.717) is 23.4 Å². The second-order valence-electron chi connectivity index (χ2n) is 10.3. The number of hydrogen-bond donors (Lipinski definition) is 0. The second-order valence-corrected chi connectivity index (χ2v) is 11.2. The van der Waals surface area contributed by atoms with Crippen LogP contribution in [0.4, 0.5) is 0 Å². The van der Waals surface area contributed by atoms with Crippen LogP contribution in [0.15, 0.2) is 72.8 Å². The van der Waals surface area contributed by atoms with Gasteiger partial charge in [-0.05, 0) is 79.8 Å². The number of amides is 3. The molecule has 0 radical (unpaired) electrons. The zero-order valence-corrected chi connectivity index (χ0v) is 23.6. The predicted molar refractivity (Wildman–Crippen MR) is 152 cm³/mol. The highest BCUT2D eigenvalue weighted by Crippen LogP contribution is 2.41. The molecule has 0 unspecified atom stereocenters. The Morgan fingerprint density at radius 2 is 1.56 bits per heavy atom. The molecule has 0 bridgehead atoms. The SMILES string of the molecule is C[C@@H]1CC[C@H]2C(=O)N(N(CC(=O)c3ccc(OC(=O)c4ccccc4)cc3)C(=O)c3ccc(Cl)cc3Cl)C(=O)[C@@H]2C1. The van der Waals surface area contributed by atoms with Crippen molar-refractivity contribution < 1.29 is 28.7 Å². The van der Waals surface area contributed by atoms with Crippen LogP contribution in [0.25, 0.3) is 0 Å². The Morgan fingerprint density at radius 3 is 2.24 bits per heavy atom. The molecule has 0 spiro atoms. The summed E-state index contributed by atoms with van der Waals surface area (Å²) >= 11 is 12.3. The number of Topliss-reactive ketones (excluding diaryl/α,β-unsaturated/α-hetero) is 1. The van der Waals surface area contributed by atoms with E-state index in [1.165, 1.54) is 42.5 Å². The molecule has 3 aromatic rings. The summed E-state index contributed by atoms with van der Waals surface area (Å²) in [7, 11) is 0. The first kappa shape index (κ1) is 28.5. The second kappa shape index (κ2) is 11.8. The number of hydrazine groups is 1. The number of ketones is 1. The van der Waals surface area contributed by atoms with Gasteiger partial charge < -0.3 is 4.74 Å². The molecule has 1 aliphatic carbocycles. The Balaban J connectivity index is 1.40. The maximum absolute atomic E-state index is 13.7. The van der Waals surface area contributed by atoms with Crippen molar-refractivity contribution >= 4 is 52.7 Å². The molecular formula is C31H26Cl2N2O6. The average molecular weight is 593 g/mol. The summed E-state index contributed by atoms with van der Waals surface area (Å²) in [6, 6.07) is 18.5. The lowest BCUT2D eigenvalue weighted by molar-refractivity contribution is -0.154. The van der Waals surface area contributed by atoms with Crippen LogP contribution in [0.2, 0.25) is 10.0 Å². The summed E-state index contributed by atoms with van der Waals surface area (Å²) in [6.07, 6.45) is 1.87. The number of nitrogens with zero attached hydrogens (tertiary/aromatic N) is 2. The van der Waals surface area contributed by atoms with E-state index in [1.807, 2.05) is 6.92 Å². The van der Waals surface area contributed by atoms with E-state index in [2.05, 4.69) is 0 Å². The van der Waals surface area contributed by atoms with Gasteiger partial charge in [-0.3, -0.25) is 19.2 Å². The zero-order chi connectivity index (χ0) is 29.3. The van der Waals surface area contributed by atoms with Gasteiger partial charge in [0.2, 0.25) is 0 Å². The van der Waals surface area contributed by atoms with E-state index >= 15 is 0 Å². The lowest BCUT2D eigenvalue weighted by Crippen LogP contribution is -2.52. The number of esters is 1. The minimum Gasteiger partial charge on any atom is -0.423 e. The van der Waals surface area contributed by atoms with Gasteiger partial charge in [0.25, 0.3) is 17.7 Å². The minimum atomic E-state index is -0.776. The molecule has 10 heteroatoms. The molecule has 0 aromatic heterocycles. The van der Waals surface area contributed by atoms with Crippen LogP contribution < -0.4 is 4.74 Å². The standard InChI is InChI=1S/C31H26Cl2N2O6/c1-18-7-13-23-25(15-18)30(39)35(29(23)38)34(28(37)24-14-10-21(32)16-26(24)33)17-27(36)19-8-11-22(12-9-19)41-31(40)20-5-3-2-4-6-20/h2-6,8-12,14,16,18,23,25H,7,13,15,17H2,1H3/t18-,23-,25-/m1/s1. The Morgan fingerprint density at radius 1 is 0.878 bits per heavy atom. The van der Waals surface area contributed by atoms with Crippen molar-refractivity contribution in [3.05, 3.63) is 99.5 Å². The lowest BCUT2D eigenvalue weighted by Gasteiger charge is -2.30. The number of carbonyl (C=O) groups is 5. The monoisotopic (exact) mass is 592 g/mol. The van der Waals surface area contributed by atoms with E-state index in [1.54, 1.807) is 30.3 Å². The van der Waals surface area contributed by atoms with Crippen LogP contribution in [0.5, 0.6) is 5.75 Å². The molecule has 1 saturated heterocycles. The first-order valence-electron chi connectivity index (χ1n) is 13.2. The van der Waals surface area contributed by atoms with Crippen molar-refractivity contribution in [1.29, 1.82) is 0 Å². The number of benzene rings is 3. The van der Waals surface area contributed by atoms with Crippen molar-refractivity contribution in [2.75, 3.05) is 6.54 Å². The van der Waals surface area contributed by atoms with Crippen LogP contribution in [0, 0.1) is 17.8 Å². The van der Waals surface area contributed by atoms with E-state index in [-0.39, 0.29) is 27.8 Å². The molecule has 8 nitrogen and oxygen atoms in total. The molecule has 1 saturated carbocycles. The Labute approximate surface area is 246 Å². The van der Waals surface area contributed by atoms with Crippen molar-refractivity contribution in [2.24, 2.45) is 17.8 Å². The molecule has 3 amide bonds. The van der Waals surface area contributed by atoms with Crippen molar-refractivity contribution in [3.8, 4) is 5.75 Å². The highest BCUT2D eigenvalue weighted by molar-refractivity contribution is 6.36. The van der Waals surface area contributed by atoms with Gasteiger partial charge in [0.1, 0.15) is 12.3 Å². The number of carbonyl (C=O) groups excluding carboxylic acids is 5. The third-order valence-electron chi connectivity index (χ3n) is 7.49. The summed E-state index contributed by atoms with van der Waals surface area (Å²) in [5, 5.41) is 2.04. The van der Waals surface area contributed by atoms with Gasteiger partial charge in [-0.2, -0.15) is 5.01 Å². The summed E-state index contributed by atoms with van der Waals surface area (Å²) in [5.41, 5.74) is 0.558. The summed E-state index contributed by atoms with van der Waals surface area (Å²) in [4.78, 5) is 66.5. The molecule has 5 rings (SSSR count). The highest BCUT2D eigenvalue weighted by Gasteiger charge is 2.53. The summed E-state index contributed by atoms with van der Waals surface area (Å²) in [5.74, 6) is -3.46. The van der Waals surface area contributed by atoms with Gasteiger partial charge in [0, 0.05) is 10.6 Å². The fraction of sp³-hybridized carbons (Fsp3) is 0.258. The molecule has 210 valence electrons. The molecule has 1 heterocycles. The molecule has 41 heavy (non-hydrogen) atoms. The highest BCUT2D eigenvalue weighted by atomic mass is 35.5. The smallest absolute Gasteiger partial charge is 0.343 e. The molecule has 1 aliphatic heterocycles. The molecule has 3 aromatic carbocycles. The number of fused-ring (bicyclic) bond motifs is 1. The van der Waals surface area contributed by atoms with Crippen molar-refractivity contribution in [3.63, 3.8) is 0 Å². The fourth-order valence-corrected chi connectivity index (χ4v) is 5.81. The third-order valence-corrected chi connectivity index (χ3v) is 8.04. The minimum absolute atomic E-state index is 0.00382. The maximum Gasteiger partial charge on any atom is 0.343 e. The third kappa shape index (κ3) is 5.89. The van der Waals surface area contributed by atoms with Gasteiger partial charge in [0.05, 0.1) is 28.0 Å².